The molecule has 20 heavy (non-hydrogen) atoms. The first-order valence-corrected chi connectivity index (χ1v) is 6.05. The van der Waals surface area contributed by atoms with E-state index in [-0.39, 0.29) is 30.3 Å². The van der Waals surface area contributed by atoms with Crippen LogP contribution in [0.15, 0.2) is 0 Å². The molecule has 114 valence electrons. The Bertz CT molecular complexity index is 481. The van der Waals surface area contributed by atoms with Crippen molar-refractivity contribution in [1.29, 1.82) is 0 Å². The molecule has 0 aliphatic heterocycles. The molecule has 0 radical (unpaired) electrons. The average molecular weight is 306 g/mol. The van der Waals surface area contributed by atoms with Crippen molar-refractivity contribution in [1.82, 2.24) is 15.5 Å². The summed E-state index contributed by atoms with van der Waals surface area (Å²) in [6.07, 6.45) is 1.19. The molecule has 1 amide bonds. The molecule has 4 N–H and O–H groups in total. The monoisotopic (exact) mass is 305 g/mol. The van der Waals surface area contributed by atoms with Gasteiger partial charge in [0.1, 0.15) is 5.69 Å². The normalized spacial score (nSPS) is 10.8. The summed E-state index contributed by atoms with van der Waals surface area (Å²) in [5.74, 6) is -0.594. The number of hydrogen-bond donors (Lipinski definition) is 3. The molecule has 0 aromatic carbocycles. The highest BCUT2D eigenvalue weighted by Crippen LogP contribution is 2.22. The number of aryl methyl sites for hydroxylation is 1. The van der Waals surface area contributed by atoms with E-state index in [0.717, 1.165) is 6.42 Å². The molecule has 0 bridgehead atoms. The number of carbonyl (C=O) groups is 1. The van der Waals surface area contributed by atoms with E-state index in [4.69, 9.17) is 5.73 Å². The minimum Gasteiger partial charge on any atom is -0.349 e. The maximum Gasteiger partial charge on any atom is 0.322 e. The van der Waals surface area contributed by atoms with E-state index in [1.165, 1.54) is 0 Å². The second-order valence-electron chi connectivity index (χ2n) is 5.08. The van der Waals surface area contributed by atoms with E-state index in [0.29, 0.717) is 12.1 Å². The molecule has 1 heterocycles. The Labute approximate surface area is 123 Å². The van der Waals surface area contributed by atoms with Gasteiger partial charge in [-0.1, -0.05) is 13.3 Å². The topological polar surface area (TPSA) is 127 Å². The molecule has 0 saturated heterocycles. The number of nitrogens with zero attached hydrogens (tertiary/aromatic N) is 2. The van der Waals surface area contributed by atoms with E-state index < -0.39 is 16.4 Å². The lowest BCUT2D eigenvalue weighted by Gasteiger charge is -2.18. The Kier molecular flexibility index (Phi) is 6.60. The highest BCUT2D eigenvalue weighted by atomic mass is 35.5. The molecule has 8 nitrogen and oxygen atoms in total. The first-order valence-electron chi connectivity index (χ1n) is 6.05. The zero-order chi connectivity index (χ0) is 14.6. The number of nitrogens with one attached hydrogen (secondary N) is 2. The number of nitro groups is 1. The Balaban J connectivity index is 0.00000361. The second-order valence-corrected chi connectivity index (χ2v) is 5.08. The van der Waals surface area contributed by atoms with Crippen LogP contribution in [0.3, 0.4) is 0 Å². The van der Waals surface area contributed by atoms with Crippen molar-refractivity contribution in [3.05, 3.63) is 21.5 Å². The van der Waals surface area contributed by atoms with Gasteiger partial charge in [-0.3, -0.25) is 20.0 Å². The Hall–Kier alpha value is -1.67. The molecule has 9 heteroatoms. The van der Waals surface area contributed by atoms with E-state index in [2.05, 4.69) is 15.5 Å². The summed E-state index contributed by atoms with van der Waals surface area (Å²) in [5.41, 5.74) is 5.06. The third kappa shape index (κ3) is 4.78. The van der Waals surface area contributed by atoms with Crippen LogP contribution in [-0.2, 0) is 6.42 Å². The zero-order valence-electron chi connectivity index (χ0n) is 11.7. The van der Waals surface area contributed by atoms with Crippen LogP contribution in [0.4, 0.5) is 5.69 Å². The molecule has 0 atom stereocenters. The Morgan fingerprint density at radius 1 is 1.55 bits per heavy atom. The highest BCUT2D eigenvalue weighted by molar-refractivity contribution is 5.96. The molecule has 1 rings (SSSR count). The molecular formula is C11H20ClN5O3. The average Bonchev–Trinajstić information content (AvgIpc) is 2.69. The van der Waals surface area contributed by atoms with Crippen molar-refractivity contribution >= 4 is 24.0 Å². The zero-order valence-corrected chi connectivity index (χ0v) is 12.5. The number of hydrogen-bond acceptors (Lipinski definition) is 5. The van der Waals surface area contributed by atoms with Crippen molar-refractivity contribution in [2.24, 2.45) is 5.73 Å². The number of carbonyl (C=O) groups excluding carboxylic acids is 1. The molecule has 0 aliphatic carbocycles. The highest BCUT2D eigenvalue weighted by Gasteiger charge is 2.29. The molecular weight excluding hydrogens is 286 g/mol. The van der Waals surface area contributed by atoms with Gasteiger partial charge in [0.15, 0.2) is 0 Å². The summed E-state index contributed by atoms with van der Waals surface area (Å²) in [7, 11) is 0. The van der Waals surface area contributed by atoms with Crippen LogP contribution in [0.25, 0.3) is 0 Å². The number of rotatable bonds is 6. The molecule has 1 aromatic rings. The largest absolute Gasteiger partial charge is 0.349 e. The third-order valence-electron chi connectivity index (χ3n) is 2.42. The van der Waals surface area contributed by atoms with Crippen LogP contribution in [-0.4, -0.2) is 33.1 Å². The fraction of sp³-hybridized carbons (Fsp3) is 0.636. The van der Waals surface area contributed by atoms with Crippen molar-refractivity contribution in [3.63, 3.8) is 0 Å². The summed E-state index contributed by atoms with van der Waals surface area (Å²) in [6, 6.07) is 0. The number of aromatic nitrogens is 2. The molecule has 0 fully saturated rings. The molecule has 1 aromatic heterocycles. The van der Waals surface area contributed by atoms with E-state index in [1.54, 1.807) is 13.8 Å². The first-order chi connectivity index (χ1) is 8.76. The van der Waals surface area contributed by atoms with Gasteiger partial charge < -0.3 is 11.1 Å². The van der Waals surface area contributed by atoms with Gasteiger partial charge in [0.2, 0.25) is 5.69 Å². The summed E-state index contributed by atoms with van der Waals surface area (Å²) in [6.45, 7) is 5.59. The van der Waals surface area contributed by atoms with Crippen molar-refractivity contribution in [2.45, 2.75) is 39.2 Å². The van der Waals surface area contributed by atoms with Gasteiger partial charge in [0.25, 0.3) is 5.91 Å². The lowest BCUT2D eigenvalue weighted by atomic mass is 10.1. The number of nitrogens with two attached hydrogens (primary N) is 1. The van der Waals surface area contributed by atoms with Gasteiger partial charge in [-0.05, 0) is 20.3 Å². The van der Waals surface area contributed by atoms with Gasteiger partial charge in [0.05, 0.1) is 4.92 Å². The van der Waals surface area contributed by atoms with Gasteiger partial charge in [0, 0.05) is 12.1 Å². The van der Waals surface area contributed by atoms with Gasteiger partial charge in [-0.15, -0.1) is 12.4 Å². The van der Waals surface area contributed by atoms with Gasteiger partial charge in [-0.2, -0.15) is 5.10 Å². The quantitative estimate of drug-likeness (QED) is 0.537. The van der Waals surface area contributed by atoms with Crippen LogP contribution in [0.2, 0.25) is 0 Å². The third-order valence-corrected chi connectivity index (χ3v) is 2.42. The minimum absolute atomic E-state index is 0. The minimum atomic E-state index is -0.594. The molecule has 0 saturated carbocycles. The van der Waals surface area contributed by atoms with Crippen molar-refractivity contribution in [3.8, 4) is 0 Å². The molecule has 0 spiro atoms. The van der Waals surface area contributed by atoms with Crippen LogP contribution >= 0.6 is 12.4 Å². The fourth-order valence-corrected chi connectivity index (χ4v) is 1.54. The van der Waals surface area contributed by atoms with Gasteiger partial charge in [-0.25, -0.2) is 0 Å². The van der Waals surface area contributed by atoms with E-state index in [1.807, 2.05) is 6.92 Å². The predicted octanol–water partition coefficient (Wildman–Crippen LogP) is 1.16. The van der Waals surface area contributed by atoms with Crippen molar-refractivity contribution < 1.29 is 9.72 Å². The maximum absolute atomic E-state index is 11.9. The summed E-state index contributed by atoms with van der Waals surface area (Å²) in [5, 5.41) is 19.9. The second kappa shape index (κ2) is 7.20. The fourth-order valence-electron chi connectivity index (χ4n) is 1.54. The Morgan fingerprint density at radius 2 is 2.15 bits per heavy atom. The number of aromatic amines is 1. The van der Waals surface area contributed by atoms with Crippen molar-refractivity contribution in [2.75, 3.05) is 6.54 Å². The molecule has 0 aliphatic rings. The van der Waals surface area contributed by atoms with E-state index in [9.17, 15) is 14.9 Å². The standard InChI is InChI=1S/C11H19N5O3.ClH/c1-4-5-7-9(16(18)19)8(15-14-7)10(17)13-6-11(2,3)12;/h4-6,12H2,1-3H3,(H,13,17)(H,14,15);1H. The lowest BCUT2D eigenvalue weighted by molar-refractivity contribution is -0.385. The SMILES string of the molecule is CCCc1[nH]nc(C(=O)NCC(C)(C)N)c1[N+](=O)[O-].Cl. The lowest BCUT2D eigenvalue weighted by Crippen LogP contribution is -2.45. The summed E-state index contributed by atoms with van der Waals surface area (Å²) in [4.78, 5) is 22.3. The first kappa shape index (κ1) is 18.3. The number of H-pyrrole nitrogens is 1. The van der Waals surface area contributed by atoms with Crippen LogP contribution in [0.1, 0.15) is 43.4 Å². The predicted molar refractivity (Wildman–Crippen MR) is 77.1 cm³/mol. The van der Waals surface area contributed by atoms with Gasteiger partial charge >= 0.3 is 5.69 Å². The summed E-state index contributed by atoms with van der Waals surface area (Å²) >= 11 is 0. The van der Waals surface area contributed by atoms with Crippen LogP contribution < -0.4 is 11.1 Å². The number of halogens is 1. The maximum atomic E-state index is 11.9. The number of amides is 1. The van der Waals surface area contributed by atoms with Crippen LogP contribution in [0, 0.1) is 10.1 Å². The smallest absolute Gasteiger partial charge is 0.322 e. The summed E-state index contributed by atoms with van der Waals surface area (Å²) < 4.78 is 0. The Morgan fingerprint density at radius 3 is 2.60 bits per heavy atom. The van der Waals surface area contributed by atoms with Crippen LogP contribution in [0.5, 0.6) is 0 Å². The van der Waals surface area contributed by atoms with E-state index >= 15 is 0 Å². The molecule has 0 unspecified atom stereocenters.